The first kappa shape index (κ1) is 23.3. The minimum absolute atomic E-state index is 0.0703. The molecule has 1 heterocycles. The topological polar surface area (TPSA) is 59.0 Å². The molecule has 6 heteroatoms. The van der Waals surface area contributed by atoms with Gasteiger partial charge in [-0.3, -0.25) is 9.69 Å². The van der Waals surface area contributed by atoms with E-state index in [1.165, 1.54) is 16.7 Å². The van der Waals surface area contributed by atoms with Crippen molar-refractivity contribution in [1.29, 1.82) is 0 Å². The molecule has 5 nitrogen and oxygen atoms in total. The summed E-state index contributed by atoms with van der Waals surface area (Å²) >= 11 is 6.52. The van der Waals surface area contributed by atoms with Crippen molar-refractivity contribution in [3.63, 3.8) is 0 Å². The molecule has 3 aromatic carbocycles. The molecule has 33 heavy (non-hydrogen) atoms. The summed E-state index contributed by atoms with van der Waals surface area (Å²) in [5.74, 6) is -0.218. The highest BCUT2D eigenvalue weighted by molar-refractivity contribution is 6.32. The molecule has 0 saturated carbocycles. The second-order valence-electron chi connectivity index (χ2n) is 8.39. The van der Waals surface area contributed by atoms with Crippen LogP contribution in [0.4, 0.5) is 0 Å². The Bertz CT molecular complexity index is 1120. The summed E-state index contributed by atoms with van der Waals surface area (Å²) in [5, 5.41) is 10.0. The molecule has 172 valence electrons. The third-order valence-electron chi connectivity index (χ3n) is 6.28. The van der Waals surface area contributed by atoms with Crippen LogP contribution in [0.5, 0.6) is 5.75 Å². The average Bonchev–Trinajstić information content (AvgIpc) is 3.23. The summed E-state index contributed by atoms with van der Waals surface area (Å²) in [7, 11) is 1.62. The number of benzene rings is 3. The normalized spacial score (nSPS) is 18.4. The van der Waals surface area contributed by atoms with Crippen molar-refractivity contribution in [1.82, 2.24) is 4.90 Å². The van der Waals surface area contributed by atoms with Crippen LogP contribution in [0, 0.1) is 6.92 Å². The van der Waals surface area contributed by atoms with Gasteiger partial charge in [-0.05, 0) is 46.9 Å². The first-order chi connectivity index (χ1) is 16.0. The molecule has 2 atom stereocenters. The van der Waals surface area contributed by atoms with Gasteiger partial charge in [-0.1, -0.05) is 66.2 Å². The zero-order valence-corrected chi connectivity index (χ0v) is 19.6. The number of nitrogens with zero attached hydrogens (tertiary/aromatic N) is 1. The van der Waals surface area contributed by atoms with Crippen LogP contribution in [0.2, 0.25) is 5.02 Å². The molecule has 0 aliphatic carbocycles. The summed E-state index contributed by atoms with van der Waals surface area (Å²) in [6.07, 6.45) is 0.418. The molecule has 1 aliphatic heterocycles. The predicted molar refractivity (Wildman–Crippen MR) is 130 cm³/mol. The van der Waals surface area contributed by atoms with Gasteiger partial charge in [-0.15, -0.1) is 0 Å². The van der Waals surface area contributed by atoms with Gasteiger partial charge < -0.3 is 14.6 Å². The van der Waals surface area contributed by atoms with E-state index >= 15 is 0 Å². The van der Waals surface area contributed by atoms with Crippen molar-refractivity contribution >= 4 is 17.6 Å². The number of rotatable bonds is 8. The lowest BCUT2D eigenvalue weighted by atomic mass is 9.97. The van der Waals surface area contributed by atoms with Crippen LogP contribution in [0.1, 0.15) is 23.1 Å². The van der Waals surface area contributed by atoms with Crippen molar-refractivity contribution in [2.75, 3.05) is 13.7 Å². The lowest BCUT2D eigenvalue weighted by molar-refractivity contribution is -0.142. The van der Waals surface area contributed by atoms with Gasteiger partial charge in [0.05, 0.1) is 11.1 Å². The van der Waals surface area contributed by atoms with Crippen LogP contribution in [0.15, 0.2) is 66.7 Å². The van der Waals surface area contributed by atoms with Gasteiger partial charge in [0.2, 0.25) is 0 Å². The van der Waals surface area contributed by atoms with Gasteiger partial charge in [0.1, 0.15) is 18.4 Å². The van der Waals surface area contributed by atoms with Crippen LogP contribution >= 0.6 is 11.6 Å². The van der Waals surface area contributed by atoms with E-state index in [2.05, 4.69) is 31.2 Å². The lowest BCUT2D eigenvalue weighted by Crippen LogP contribution is -2.35. The molecule has 1 N–H and O–H groups in total. The number of likely N-dealkylation sites (tertiary alicyclic amines) is 1. The molecular formula is C27H28ClNO4. The van der Waals surface area contributed by atoms with E-state index in [4.69, 9.17) is 21.1 Å². The van der Waals surface area contributed by atoms with Crippen molar-refractivity contribution in [2.45, 2.75) is 38.6 Å². The summed E-state index contributed by atoms with van der Waals surface area (Å²) in [4.78, 5) is 13.5. The number of ether oxygens (including phenoxy) is 2. The Morgan fingerprint density at radius 2 is 1.91 bits per heavy atom. The number of carboxylic acids is 1. The highest BCUT2D eigenvalue weighted by Crippen LogP contribution is 2.30. The fourth-order valence-corrected chi connectivity index (χ4v) is 4.64. The molecule has 0 unspecified atom stereocenters. The Balaban J connectivity index is 1.44. The number of carbonyl (C=O) groups is 1. The number of carboxylic acid groups (broad SMARTS) is 1. The van der Waals surface area contributed by atoms with Gasteiger partial charge in [-0.2, -0.15) is 0 Å². The Labute approximate surface area is 199 Å². The van der Waals surface area contributed by atoms with E-state index in [-0.39, 0.29) is 6.10 Å². The molecule has 0 radical (unpaired) electrons. The molecule has 1 aliphatic rings. The molecule has 1 fully saturated rings. The maximum Gasteiger partial charge on any atom is 0.321 e. The first-order valence-corrected chi connectivity index (χ1v) is 11.4. The molecule has 0 aromatic heterocycles. The Morgan fingerprint density at radius 1 is 1.12 bits per heavy atom. The van der Waals surface area contributed by atoms with Crippen molar-refractivity contribution < 1.29 is 19.4 Å². The highest BCUT2D eigenvalue weighted by Gasteiger charge is 2.36. The van der Waals surface area contributed by atoms with E-state index in [0.29, 0.717) is 36.9 Å². The fraction of sp³-hybridized carbons (Fsp3) is 0.296. The quantitative estimate of drug-likeness (QED) is 0.471. The molecule has 1 saturated heterocycles. The van der Waals surface area contributed by atoms with Gasteiger partial charge >= 0.3 is 5.97 Å². The van der Waals surface area contributed by atoms with Crippen LogP contribution in [0.3, 0.4) is 0 Å². The van der Waals surface area contributed by atoms with E-state index in [1.807, 2.05) is 47.4 Å². The summed E-state index contributed by atoms with van der Waals surface area (Å²) in [6.45, 7) is 3.59. The zero-order chi connectivity index (χ0) is 23.4. The summed E-state index contributed by atoms with van der Waals surface area (Å²) < 4.78 is 11.4. The number of aliphatic carboxylic acids is 1. The van der Waals surface area contributed by atoms with E-state index in [0.717, 1.165) is 11.1 Å². The first-order valence-electron chi connectivity index (χ1n) is 11.0. The molecule has 0 bridgehead atoms. The highest BCUT2D eigenvalue weighted by atomic mass is 35.5. The zero-order valence-electron chi connectivity index (χ0n) is 18.8. The fourth-order valence-electron chi connectivity index (χ4n) is 4.38. The minimum atomic E-state index is -0.825. The number of hydrogen-bond acceptors (Lipinski definition) is 4. The maximum atomic E-state index is 11.6. The Hall–Kier alpha value is -2.86. The predicted octanol–water partition coefficient (Wildman–Crippen LogP) is 5.57. The van der Waals surface area contributed by atoms with E-state index in [1.54, 1.807) is 7.11 Å². The standard InChI is InChI=1S/C27H28ClNO4/c1-18-21(9-6-10-23(18)20-7-4-3-5-8-20)17-33-26-12-11-19(13-24(26)28)15-29-16-22(32-2)14-25(29)27(30)31/h3-13,22,25H,14-17H2,1-2H3,(H,30,31)/t22-,25+/m1/s1. The minimum Gasteiger partial charge on any atom is -0.487 e. The third kappa shape index (κ3) is 5.38. The third-order valence-corrected chi connectivity index (χ3v) is 6.57. The van der Waals surface area contributed by atoms with Gasteiger partial charge in [-0.25, -0.2) is 0 Å². The van der Waals surface area contributed by atoms with Crippen LogP contribution in [0.25, 0.3) is 11.1 Å². The van der Waals surface area contributed by atoms with Gasteiger partial charge in [0, 0.05) is 26.6 Å². The second kappa shape index (κ2) is 10.4. The smallest absolute Gasteiger partial charge is 0.321 e. The van der Waals surface area contributed by atoms with Crippen molar-refractivity contribution in [2.24, 2.45) is 0 Å². The monoisotopic (exact) mass is 465 g/mol. The number of methoxy groups -OCH3 is 1. The number of hydrogen-bond donors (Lipinski definition) is 1. The Kier molecular flexibility index (Phi) is 7.33. The lowest BCUT2D eigenvalue weighted by Gasteiger charge is -2.21. The van der Waals surface area contributed by atoms with E-state index in [9.17, 15) is 9.90 Å². The van der Waals surface area contributed by atoms with Crippen molar-refractivity contribution in [3.05, 3.63) is 88.4 Å². The van der Waals surface area contributed by atoms with Gasteiger partial charge in [0.25, 0.3) is 0 Å². The molecule has 4 rings (SSSR count). The van der Waals surface area contributed by atoms with Crippen LogP contribution in [-0.4, -0.2) is 41.8 Å². The SMILES string of the molecule is CO[C@@H]1C[C@@H](C(=O)O)N(Cc2ccc(OCc3cccc(-c4ccccc4)c3C)c(Cl)c2)C1. The molecular weight excluding hydrogens is 438 g/mol. The second-order valence-corrected chi connectivity index (χ2v) is 8.79. The molecule has 0 spiro atoms. The molecule has 3 aromatic rings. The van der Waals surface area contributed by atoms with Crippen LogP contribution < -0.4 is 4.74 Å². The van der Waals surface area contributed by atoms with Crippen LogP contribution in [-0.2, 0) is 22.7 Å². The van der Waals surface area contributed by atoms with Gasteiger partial charge in [0.15, 0.2) is 0 Å². The van der Waals surface area contributed by atoms with E-state index < -0.39 is 12.0 Å². The van der Waals surface area contributed by atoms with Crippen molar-refractivity contribution in [3.8, 4) is 16.9 Å². The molecule has 0 amide bonds. The maximum absolute atomic E-state index is 11.6. The average molecular weight is 466 g/mol. The summed E-state index contributed by atoms with van der Waals surface area (Å²) in [6, 6.07) is 21.6. The Morgan fingerprint density at radius 3 is 2.61 bits per heavy atom. The number of halogens is 1. The summed E-state index contributed by atoms with van der Waals surface area (Å²) in [5.41, 5.74) is 5.58. The largest absolute Gasteiger partial charge is 0.487 e.